The predicted octanol–water partition coefficient (Wildman–Crippen LogP) is 2.04. The first kappa shape index (κ1) is 7.15. The molecule has 0 saturated heterocycles. The first-order valence-electron chi connectivity index (χ1n) is 3.03. The molecular formula is C7H8FNO. The van der Waals surface area contributed by atoms with Crippen LogP contribution in [0.15, 0.2) is 24.4 Å². The predicted molar refractivity (Wildman–Crippen MR) is 34.8 cm³/mol. The van der Waals surface area contributed by atoms with Crippen LogP contribution >= 0.6 is 0 Å². The van der Waals surface area contributed by atoms with Gasteiger partial charge in [-0.1, -0.05) is 6.07 Å². The Morgan fingerprint density at radius 2 is 2.40 bits per heavy atom. The van der Waals surface area contributed by atoms with Crippen LogP contribution in [0.2, 0.25) is 0 Å². The standard InChI is InChI=1S/C7H8FNO/c1-6(10-8)7-4-2-3-5-9-7/h2-6H,1H3. The number of pyridine rings is 1. The van der Waals surface area contributed by atoms with Gasteiger partial charge in [0.1, 0.15) is 6.10 Å². The number of aromatic nitrogens is 1. The normalized spacial score (nSPS) is 13.0. The van der Waals surface area contributed by atoms with Gasteiger partial charge in [0, 0.05) is 6.20 Å². The SMILES string of the molecule is CC(OF)c1ccccn1. The van der Waals surface area contributed by atoms with Gasteiger partial charge in [-0.15, -0.1) is 0 Å². The number of rotatable bonds is 2. The summed E-state index contributed by atoms with van der Waals surface area (Å²) in [6, 6.07) is 5.27. The fourth-order valence-electron chi connectivity index (χ4n) is 0.662. The molecule has 54 valence electrons. The van der Waals surface area contributed by atoms with Crippen molar-refractivity contribution in [1.29, 1.82) is 0 Å². The fourth-order valence-corrected chi connectivity index (χ4v) is 0.662. The number of nitrogens with zero attached hydrogens (tertiary/aromatic N) is 1. The highest BCUT2D eigenvalue weighted by Crippen LogP contribution is 2.12. The van der Waals surface area contributed by atoms with E-state index in [4.69, 9.17) is 0 Å². The molecule has 1 heterocycles. The van der Waals surface area contributed by atoms with E-state index in [1.54, 1.807) is 31.3 Å². The molecule has 1 aromatic rings. The van der Waals surface area contributed by atoms with Gasteiger partial charge in [-0.3, -0.25) is 4.98 Å². The average Bonchev–Trinajstić information content (AvgIpc) is 2.05. The zero-order valence-corrected chi connectivity index (χ0v) is 5.62. The van der Waals surface area contributed by atoms with E-state index < -0.39 is 6.10 Å². The molecule has 0 radical (unpaired) electrons. The monoisotopic (exact) mass is 141 g/mol. The fraction of sp³-hybridized carbons (Fsp3) is 0.286. The summed E-state index contributed by atoms with van der Waals surface area (Å²) in [6.07, 6.45) is 1.03. The van der Waals surface area contributed by atoms with Gasteiger partial charge in [0.15, 0.2) is 0 Å². The molecule has 0 aliphatic rings. The molecule has 3 heteroatoms. The summed E-state index contributed by atoms with van der Waals surface area (Å²) in [5.74, 6) is 0. The highest BCUT2D eigenvalue weighted by atomic mass is 19.3. The molecule has 0 fully saturated rings. The minimum atomic E-state index is -0.568. The lowest BCUT2D eigenvalue weighted by Gasteiger charge is -2.02. The minimum Gasteiger partial charge on any atom is -0.258 e. The summed E-state index contributed by atoms with van der Waals surface area (Å²) in [7, 11) is 0. The Kier molecular flexibility index (Phi) is 2.34. The Morgan fingerprint density at radius 1 is 1.60 bits per heavy atom. The van der Waals surface area contributed by atoms with Crippen LogP contribution in [0.3, 0.4) is 0 Å². The summed E-state index contributed by atoms with van der Waals surface area (Å²) in [4.78, 5) is 7.46. The van der Waals surface area contributed by atoms with E-state index in [1.165, 1.54) is 0 Å². The summed E-state index contributed by atoms with van der Waals surface area (Å²) in [5, 5.41) is 0. The maximum Gasteiger partial charge on any atom is 0.137 e. The zero-order chi connectivity index (χ0) is 7.40. The molecule has 0 aliphatic carbocycles. The average molecular weight is 141 g/mol. The molecule has 0 N–H and O–H groups in total. The van der Waals surface area contributed by atoms with Crippen molar-refractivity contribution in [3.8, 4) is 0 Å². The molecule has 0 bridgehead atoms. The molecular weight excluding hydrogens is 133 g/mol. The first-order valence-corrected chi connectivity index (χ1v) is 3.03. The lowest BCUT2D eigenvalue weighted by atomic mass is 10.2. The van der Waals surface area contributed by atoms with Crippen molar-refractivity contribution < 1.29 is 9.47 Å². The summed E-state index contributed by atoms with van der Waals surface area (Å²) in [5.41, 5.74) is 0.602. The Morgan fingerprint density at radius 3 is 2.90 bits per heavy atom. The zero-order valence-electron chi connectivity index (χ0n) is 5.62. The van der Waals surface area contributed by atoms with E-state index in [2.05, 4.69) is 9.93 Å². The van der Waals surface area contributed by atoms with Gasteiger partial charge in [0.25, 0.3) is 0 Å². The third-order valence-electron chi connectivity index (χ3n) is 1.24. The van der Waals surface area contributed by atoms with Crippen molar-refractivity contribution in [2.75, 3.05) is 0 Å². The van der Waals surface area contributed by atoms with Gasteiger partial charge in [-0.05, 0) is 23.6 Å². The van der Waals surface area contributed by atoms with Gasteiger partial charge < -0.3 is 0 Å². The molecule has 0 saturated carbocycles. The van der Waals surface area contributed by atoms with Gasteiger partial charge in [0.2, 0.25) is 0 Å². The van der Waals surface area contributed by atoms with Crippen LogP contribution in [0.5, 0.6) is 0 Å². The topological polar surface area (TPSA) is 22.1 Å². The van der Waals surface area contributed by atoms with Gasteiger partial charge in [-0.25, -0.2) is 0 Å². The lowest BCUT2D eigenvalue weighted by molar-refractivity contribution is -0.176. The highest BCUT2D eigenvalue weighted by molar-refractivity contribution is 5.05. The van der Waals surface area contributed by atoms with Gasteiger partial charge in [0.05, 0.1) is 5.69 Å². The van der Waals surface area contributed by atoms with Crippen molar-refractivity contribution >= 4 is 0 Å². The Bertz CT molecular complexity index is 190. The largest absolute Gasteiger partial charge is 0.258 e. The van der Waals surface area contributed by atoms with Crippen LogP contribution in [0.25, 0.3) is 0 Å². The molecule has 0 amide bonds. The van der Waals surface area contributed by atoms with Crippen LogP contribution in [-0.4, -0.2) is 4.98 Å². The number of hydrogen-bond donors (Lipinski definition) is 0. The summed E-state index contributed by atoms with van der Waals surface area (Å²) >= 11 is 0. The highest BCUT2D eigenvalue weighted by Gasteiger charge is 2.04. The summed E-state index contributed by atoms with van der Waals surface area (Å²) in [6.45, 7) is 1.60. The molecule has 2 nitrogen and oxygen atoms in total. The van der Waals surface area contributed by atoms with Crippen LogP contribution in [0.4, 0.5) is 4.53 Å². The molecule has 1 aromatic heterocycles. The van der Waals surface area contributed by atoms with Crippen molar-refractivity contribution in [3.63, 3.8) is 0 Å². The van der Waals surface area contributed by atoms with E-state index in [0.717, 1.165) is 0 Å². The van der Waals surface area contributed by atoms with Crippen molar-refractivity contribution in [3.05, 3.63) is 30.1 Å². The van der Waals surface area contributed by atoms with Crippen LogP contribution in [0, 0.1) is 0 Å². The van der Waals surface area contributed by atoms with E-state index in [9.17, 15) is 4.53 Å². The molecule has 1 atom stereocenters. The maximum atomic E-state index is 11.5. The van der Waals surface area contributed by atoms with Crippen molar-refractivity contribution in [2.45, 2.75) is 13.0 Å². The lowest BCUT2D eigenvalue weighted by Crippen LogP contribution is -1.95. The Labute approximate surface area is 58.6 Å². The second kappa shape index (κ2) is 3.27. The molecule has 0 spiro atoms. The van der Waals surface area contributed by atoms with E-state index in [1.807, 2.05) is 0 Å². The third-order valence-corrected chi connectivity index (χ3v) is 1.24. The molecule has 1 unspecified atom stereocenters. The van der Waals surface area contributed by atoms with E-state index in [-0.39, 0.29) is 0 Å². The Hall–Kier alpha value is -0.960. The summed E-state index contributed by atoms with van der Waals surface area (Å²) < 4.78 is 11.5. The smallest absolute Gasteiger partial charge is 0.137 e. The third kappa shape index (κ3) is 1.51. The molecule has 0 aromatic carbocycles. The molecule has 1 rings (SSSR count). The van der Waals surface area contributed by atoms with Crippen LogP contribution in [-0.2, 0) is 4.94 Å². The molecule has 0 aliphatic heterocycles. The molecule has 10 heavy (non-hydrogen) atoms. The van der Waals surface area contributed by atoms with Gasteiger partial charge in [-0.2, -0.15) is 4.94 Å². The minimum absolute atomic E-state index is 0.568. The van der Waals surface area contributed by atoms with Crippen LogP contribution in [0.1, 0.15) is 18.7 Å². The second-order valence-corrected chi connectivity index (χ2v) is 1.99. The number of halogens is 1. The van der Waals surface area contributed by atoms with E-state index >= 15 is 0 Å². The van der Waals surface area contributed by atoms with Crippen molar-refractivity contribution in [2.24, 2.45) is 0 Å². The van der Waals surface area contributed by atoms with Gasteiger partial charge >= 0.3 is 0 Å². The van der Waals surface area contributed by atoms with E-state index in [0.29, 0.717) is 5.69 Å². The number of hydrogen-bond acceptors (Lipinski definition) is 2. The quantitative estimate of drug-likeness (QED) is 0.628. The van der Waals surface area contributed by atoms with Crippen LogP contribution < -0.4 is 0 Å². The first-order chi connectivity index (χ1) is 4.84. The second-order valence-electron chi connectivity index (χ2n) is 1.99. The maximum absolute atomic E-state index is 11.5. The Balaban J connectivity index is 2.75. The van der Waals surface area contributed by atoms with Crippen molar-refractivity contribution in [1.82, 2.24) is 4.98 Å².